The summed E-state index contributed by atoms with van der Waals surface area (Å²) in [6.07, 6.45) is 1.77. The van der Waals surface area contributed by atoms with Gasteiger partial charge in [0.05, 0.1) is 12.7 Å². The van der Waals surface area contributed by atoms with Crippen molar-refractivity contribution in [1.82, 2.24) is 0 Å². The number of ether oxygens (including phenoxy) is 2. The molecule has 4 heteroatoms. The highest BCUT2D eigenvalue weighted by Crippen LogP contribution is 2.45. The summed E-state index contributed by atoms with van der Waals surface area (Å²) in [5.74, 6) is 1.06. The van der Waals surface area contributed by atoms with Crippen LogP contribution in [0.3, 0.4) is 0 Å². The molecule has 3 aromatic carbocycles. The second kappa shape index (κ2) is 6.60. The lowest BCUT2D eigenvalue weighted by molar-refractivity contribution is 0.0990. The molecule has 0 bridgehead atoms. The van der Waals surface area contributed by atoms with Gasteiger partial charge < -0.3 is 9.47 Å². The van der Waals surface area contributed by atoms with Crippen LogP contribution >= 0.6 is 0 Å². The predicted molar refractivity (Wildman–Crippen MR) is 110 cm³/mol. The zero-order valence-electron chi connectivity index (χ0n) is 15.6. The minimum Gasteiger partial charge on any atom is -0.493 e. The van der Waals surface area contributed by atoms with Gasteiger partial charge in [0.25, 0.3) is 0 Å². The van der Waals surface area contributed by atoms with Gasteiger partial charge in [0, 0.05) is 27.8 Å². The fourth-order valence-electron chi connectivity index (χ4n) is 3.79. The fourth-order valence-corrected chi connectivity index (χ4v) is 3.79. The number of Topliss-reactive ketones (excluding diaryl/α,β-unsaturated/α-hetero) is 2. The first-order chi connectivity index (χ1) is 14.2. The van der Waals surface area contributed by atoms with Crippen LogP contribution in [0.4, 0.5) is 0 Å². The SMILES string of the molecule is COc1cccc2c1OC(c1ccccc1)=CC2=C1C(=O)c2ccccc2C1=O. The number of hydrogen-bond acceptors (Lipinski definition) is 4. The van der Waals surface area contributed by atoms with Crippen molar-refractivity contribution in [1.29, 1.82) is 0 Å². The molecule has 0 saturated carbocycles. The van der Waals surface area contributed by atoms with E-state index < -0.39 is 0 Å². The molecule has 0 amide bonds. The van der Waals surface area contributed by atoms with Crippen LogP contribution in [-0.4, -0.2) is 18.7 Å². The van der Waals surface area contributed by atoms with Crippen LogP contribution in [0, 0.1) is 0 Å². The summed E-state index contributed by atoms with van der Waals surface area (Å²) in [6, 6.07) is 21.9. The van der Waals surface area contributed by atoms with Gasteiger partial charge >= 0.3 is 0 Å². The monoisotopic (exact) mass is 380 g/mol. The van der Waals surface area contributed by atoms with Crippen molar-refractivity contribution in [2.45, 2.75) is 0 Å². The number of methoxy groups -OCH3 is 1. The summed E-state index contributed by atoms with van der Waals surface area (Å²) in [5, 5.41) is 0. The summed E-state index contributed by atoms with van der Waals surface area (Å²) in [4.78, 5) is 26.3. The average molecular weight is 380 g/mol. The van der Waals surface area contributed by atoms with Gasteiger partial charge in [0.15, 0.2) is 23.1 Å². The maximum absolute atomic E-state index is 13.1. The van der Waals surface area contributed by atoms with E-state index in [2.05, 4.69) is 0 Å². The standard InChI is InChI=1S/C25H16O4/c1-28-20-13-7-12-18-19(14-21(29-25(18)20)15-8-3-2-4-9-15)22-23(26)16-10-5-6-11-17(16)24(22)27/h2-14H,1H3. The van der Waals surface area contributed by atoms with Crippen LogP contribution in [0.5, 0.6) is 11.5 Å². The summed E-state index contributed by atoms with van der Waals surface area (Å²) in [6.45, 7) is 0. The van der Waals surface area contributed by atoms with Gasteiger partial charge in [0.2, 0.25) is 0 Å². The van der Waals surface area contributed by atoms with E-state index in [4.69, 9.17) is 9.47 Å². The Hall–Kier alpha value is -3.92. The maximum Gasteiger partial charge on any atom is 0.198 e. The van der Waals surface area contributed by atoms with E-state index in [-0.39, 0.29) is 17.1 Å². The molecule has 0 fully saturated rings. The Balaban J connectivity index is 1.80. The summed E-state index contributed by atoms with van der Waals surface area (Å²) in [5.41, 5.74) is 3.09. The number of rotatable bonds is 2. The summed E-state index contributed by atoms with van der Waals surface area (Å²) in [7, 11) is 1.56. The zero-order chi connectivity index (χ0) is 20.0. The van der Waals surface area contributed by atoms with Crippen molar-refractivity contribution in [2.24, 2.45) is 0 Å². The number of carbonyl (C=O) groups excluding carboxylic acids is 2. The number of para-hydroxylation sites is 1. The number of ketones is 2. The number of benzene rings is 3. The van der Waals surface area contributed by atoms with Gasteiger partial charge in [-0.1, -0.05) is 66.7 Å². The molecule has 0 N–H and O–H groups in total. The number of hydrogen-bond donors (Lipinski definition) is 0. The highest BCUT2D eigenvalue weighted by Gasteiger charge is 2.37. The van der Waals surface area contributed by atoms with Gasteiger partial charge in [-0.25, -0.2) is 0 Å². The topological polar surface area (TPSA) is 52.6 Å². The molecule has 1 heterocycles. The van der Waals surface area contributed by atoms with E-state index in [0.29, 0.717) is 39.5 Å². The fraction of sp³-hybridized carbons (Fsp3) is 0.0400. The average Bonchev–Trinajstić information content (AvgIpc) is 3.03. The number of carbonyl (C=O) groups is 2. The molecule has 2 aliphatic rings. The smallest absolute Gasteiger partial charge is 0.198 e. The third-order valence-corrected chi connectivity index (χ3v) is 5.17. The lowest BCUT2D eigenvalue weighted by Gasteiger charge is -2.23. The quantitative estimate of drug-likeness (QED) is 0.466. The van der Waals surface area contributed by atoms with E-state index in [0.717, 1.165) is 5.56 Å². The maximum atomic E-state index is 13.1. The zero-order valence-corrected chi connectivity index (χ0v) is 15.6. The van der Waals surface area contributed by atoms with Crippen molar-refractivity contribution in [3.63, 3.8) is 0 Å². The molecule has 0 saturated heterocycles. The highest BCUT2D eigenvalue weighted by atomic mass is 16.5. The molecule has 0 atom stereocenters. The lowest BCUT2D eigenvalue weighted by Crippen LogP contribution is -2.10. The predicted octanol–water partition coefficient (Wildman–Crippen LogP) is 4.96. The van der Waals surface area contributed by atoms with Crippen LogP contribution in [-0.2, 0) is 0 Å². The Bertz CT molecular complexity index is 1200. The molecule has 140 valence electrons. The minimum atomic E-state index is -0.264. The normalized spacial score (nSPS) is 14.9. The molecule has 0 aromatic heterocycles. The van der Waals surface area contributed by atoms with Gasteiger partial charge in [0.1, 0.15) is 5.76 Å². The molecular weight excluding hydrogens is 364 g/mol. The summed E-state index contributed by atoms with van der Waals surface area (Å²) < 4.78 is 11.6. The molecule has 1 aliphatic heterocycles. The summed E-state index contributed by atoms with van der Waals surface area (Å²) >= 11 is 0. The van der Waals surface area contributed by atoms with E-state index in [1.54, 1.807) is 43.5 Å². The van der Waals surface area contributed by atoms with Crippen LogP contribution in [0.1, 0.15) is 31.8 Å². The lowest BCUT2D eigenvalue weighted by atomic mass is 9.92. The molecule has 0 radical (unpaired) electrons. The molecule has 29 heavy (non-hydrogen) atoms. The van der Waals surface area contributed by atoms with Crippen LogP contribution in [0.2, 0.25) is 0 Å². The van der Waals surface area contributed by atoms with Gasteiger partial charge in [-0.2, -0.15) is 0 Å². The van der Waals surface area contributed by atoms with Crippen molar-refractivity contribution in [3.05, 3.63) is 107 Å². The first kappa shape index (κ1) is 17.2. The molecular formula is C25H16O4. The second-order valence-corrected chi connectivity index (χ2v) is 6.81. The van der Waals surface area contributed by atoms with Gasteiger partial charge in [-0.3, -0.25) is 9.59 Å². The Morgan fingerprint density at radius 2 is 1.34 bits per heavy atom. The van der Waals surface area contributed by atoms with Crippen molar-refractivity contribution >= 4 is 22.9 Å². The molecule has 5 rings (SSSR count). The van der Waals surface area contributed by atoms with E-state index in [9.17, 15) is 9.59 Å². The Morgan fingerprint density at radius 1 is 0.724 bits per heavy atom. The van der Waals surface area contributed by atoms with Crippen molar-refractivity contribution in [2.75, 3.05) is 7.11 Å². The second-order valence-electron chi connectivity index (χ2n) is 6.81. The molecule has 3 aromatic rings. The third-order valence-electron chi connectivity index (χ3n) is 5.17. The van der Waals surface area contributed by atoms with Crippen molar-refractivity contribution in [3.8, 4) is 11.5 Å². The first-order valence-corrected chi connectivity index (χ1v) is 9.24. The molecule has 1 aliphatic carbocycles. The van der Waals surface area contributed by atoms with Crippen molar-refractivity contribution < 1.29 is 19.1 Å². The Labute approximate surface area is 167 Å². The molecule has 0 unspecified atom stereocenters. The Morgan fingerprint density at radius 3 is 2.00 bits per heavy atom. The van der Waals surface area contributed by atoms with Crippen LogP contribution in [0.15, 0.2) is 84.4 Å². The van der Waals surface area contributed by atoms with E-state index in [1.165, 1.54) is 0 Å². The van der Waals surface area contributed by atoms with Crippen LogP contribution in [0.25, 0.3) is 11.3 Å². The molecule has 4 nitrogen and oxygen atoms in total. The Kier molecular flexibility index (Phi) is 3.91. The third kappa shape index (κ3) is 2.61. The highest BCUT2D eigenvalue weighted by molar-refractivity contribution is 6.43. The van der Waals surface area contributed by atoms with Gasteiger partial charge in [-0.05, 0) is 12.1 Å². The minimum absolute atomic E-state index is 0.164. The van der Waals surface area contributed by atoms with Gasteiger partial charge in [-0.15, -0.1) is 0 Å². The number of fused-ring (bicyclic) bond motifs is 2. The van der Waals surface area contributed by atoms with Crippen LogP contribution < -0.4 is 9.47 Å². The number of allylic oxidation sites excluding steroid dienone is 3. The molecule has 0 spiro atoms. The first-order valence-electron chi connectivity index (χ1n) is 9.24. The van der Waals surface area contributed by atoms with E-state index in [1.807, 2.05) is 42.5 Å². The largest absolute Gasteiger partial charge is 0.493 e. The van der Waals surface area contributed by atoms with E-state index >= 15 is 0 Å².